The maximum absolute atomic E-state index is 2.85. The van der Waals surface area contributed by atoms with E-state index in [4.69, 9.17) is 0 Å². The molecular weight excluding hydrogens is 1050 g/mol. The fourth-order valence-electron chi connectivity index (χ4n) is 15.6. The van der Waals surface area contributed by atoms with Crippen molar-refractivity contribution < 1.29 is 0 Å². The highest BCUT2D eigenvalue weighted by atomic mass is 15.3. The Morgan fingerprint density at radius 3 is 1.31 bits per heavy atom. The minimum atomic E-state index is -0.333. The van der Waals surface area contributed by atoms with Crippen LogP contribution in [-0.2, 0) is 27.1 Å². The van der Waals surface area contributed by atoms with Gasteiger partial charge in [0.15, 0.2) is 0 Å². The smallest absolute Gasteiger partial charge is 0.252 e. The molecule has 10 aromatic carbocycles. The summed E-state index contributed by atoms with van der Waals surface area (Å²) in [5.74, 6) is 0. The first-order valence-corrected chi connectivity index (χ1v) is 32.1. The first-order chi connectivity index (χ1) is 41.5. The van der Waals surface area contributed by atoms with Crippen LogP contribution >= 0.6 is 0 Å². The van der Waals surface area contributed by atoms with Crippen molar-refractivity contribution in [2.75, 3.05) is 14.7 Å². The number of nitrogens with zero attached hydrogens (tertiary/aromatic N) is 3. The Morgan fingerprint density at radius 2 is 0.782 bits per heavy atom. The van der Waals surface area contributed by atoms with Crippen molar-refractivity contribution in [3.05, 3.63) is 258 Å². The van der Waals surface area contributed by atoms with Crippen LogP contribution in [0.4, 0.5) is 45.5 Å². The van der Waals surface area contributed by atoms with Gasteiger partial charge in [-0.05, 0) is 168 Å². The van der Waals surface area contributed by atoms with Crippen LogP contribution in [0.2, 0.25) is 0 Å². The highest BCUT2D eigenvalue weighted by molar-refractivity contribution is 7.00. The van der Waals surface area contributed by atoms with Crippen LogP contribution in [0.3, 0.4) is 0 Å². The van der Waals surface area contributed by atoms with E-state index < -0.39 is 0 Å². The van der Waals surface area contributed by atoms with Crippen molar-refractivity contribution in [2.24, 2.45) is 0 Å². The van der Waals surface area contributed by atoms with Gasteiger partial charge in [-0.25, -0.2) is 0 Å². The van der Waals surface area contributed by atoms with Crippen molar-refractivity contribution in [3.8, 4) is 33.4 Å². The molecule has 3 aliphatic heterocycles. The highest BCUT2D eigenvalue weighted by Crippen LogP contribution is 2.65. The van der Waals surface area contributed by atoms with E-state index in [-0.39, 0.29) is 39.3 Å². The summed E-state index contributed by atoms with van der Waals surface area (Å²) in [6, 6.07) is 87.6. The van der Waals surface area contributed by atoms with E-state index in [1.54, 1.807) is 0 Å². The van der Waals surface area contributed by atoms with Gasteiger partial charge in [0.2, 0.25) is 0 Å². The van der Waals surface area contributed by atoms with Crippen molar-refractivity contribution in [3.63, 3.8) is 0 Å². The number of hydrogen-bond acceptors (Lipinski definition) is 3. The molecule has 0 bridgehead atoms. The van der Waals surface area contributed by atoms with Gasteiger partial charge in [-0.3, -0.25) is 0 Å². The number of anilines is 8. The van der Waals surface area contributed by atoms with Crippen LogP contribution in [0.5, 0.6) is 0 Å². The summed E-state index contributed by atoms with van der Waals surface area (Å²) in [4.78, 5) is 8.26. The fourth-order valence-corrected chi connectivity index (χ4v) is 15.6. The molecule has 4 heteroatoms. The molecule has 0 amide bonds. The quantitative estimate of drug-likeness (QED) is 0.147. The summed E-state index contributed by atoms with van der Waals surface area (Å²) in [5.41, 5.74) is 28.2. The van der Waals surface area contributed by atoms with E-state index >= 15 is 0 Å². The van der Waals surface area contributed by atoms with Crippen LogP contribution in [0.1, 0.15) is 149 Å². The Bertz CT molecular complexity index is 4290. The molecular formula is C83H84BN3. The maximum atomic E-state index is 2.85. The molecule has 1 fully saturated rings. The average Bonchev–Trinajstić information content (AvgIpc) is 1.68. The van der Waals surface area contributed by atoms with E-state index in [0.717, 1.165) is 24.9 Å². The van der Waals surface area contributed by atoms with Gasteiger partial charge >= 0.3 is 0 Å². The molecule has 4 aliphatic rings. The number of para-hydroxylation sites is 1. The lowest BCUT2D eigenvalue weighted by Crippen LogP contribution is -2.61. The molecule has 0 aromatic heterocycles. The first kappa shape index (κ1) is 56.5. The summed E-state index contributed by atoms with van der Waals surface area (Å²) in [5, 5.41) is 0. The number of hydrogen-bond donors (Lipinski definition) is 0. The molecule has 0 N–H and O–H groups in total. The Kier molecular flexibility index (Phi) is 13.2. The molecule has 3 heterocycles. The zero-order chi connectivity index (χ0) is 60.6. The van der Waals surface area contributed by atoms with Crippen LogP contribution in [0.15, 0.2) is 224 Å². The molecule has 87 heavy (non-hydrogen) atoms. The summed E-state index contributed by atoms with van der Waals surface area (Å²) in [6.07, 6.45) is 4.44. The lowest BCUT2D eigenvalue weighted by atomic mass is 9.33. The Morgan fingerprint density at radius 1 is 0.345 bits per heavy atom. The predicted molar refractivity (Wildman–Crippen MR) is 374 cm³/mol. The van der Waals surface area contributed by atoms with Crippen LogP contribution in [0.25, 0.3) is 33.4 Å². The molecule has 1 aliphatic carbocycles. The van der Waals surface area contributed by atoms with Crippen LogP contribution in [-0.4, -0.2) is 12.3 Å². The summed E-state index contributed by atoms with van der Waals surface area (Å²) in [7, 11) is 0. The van der Waals surface area contributed by atoms with Crippen LogP contribution < -0.4 is 31.1 Å². The average molecular weight is 1130 g/mol. The molecule has 10 aromatic rings. The van der Waals surface area contributed by atoms with Crippen molar-refractivity contribution in [1.29, 1.82) is 0 Å². The van der Waals surface area contributed by atoms with Gasteiger partial charge in [0, 0.05) is 50.7 Å². The lowest BCUT2D eigenvalue weighted by molar-refractivity contribution is 0.215. The van der Waals surface area contributed by atoms with Gasteiger partial charge in [-0.1, -0.05) is 266 Å². The van der Waals surface area contributed by atoms with Gasteiger partial charge in [-0.2, -0.15) is 0 Å². The minimum absolute atomic E-state index is 0.0411. The lowest BCUT2D eigenvalue weighted by Gasteiger charge is -2.53. The van der Waals surface area contributed by atoms with Crippen molar-refractivity contribution >= 4 is 68.6 Å². The maximum Gasteiger partial charge on any atom is 0.252 e. The third-order valence-corrected chi connectivity index (χ3v) is 20.4. The molecule has 2 unspecified atom stereocenters. The second-order valence-electron chi connectivity index (χ2n) is 29.9. The molecule has 0 spiro atoms. The number of fused-ring (bicyclic) bond motifs is 7. The second kappa shape index (κ2) is 20.4. The number of rotatable bonds is 7. The normalized spacial score (nSPS) is 18.0. The van der Waals surface area contributed by atoms with Gasteiger partial charge in [0.1, 0.15) is 0 Å². The standard InChI is InChI=1S/C83H84BN3/c1-78(2,3)59-36-38-60(39-37-59)83-48-26-25-47-82(83,13)87(72-34-24-23-33-67(72)83)64-53-75-77-76(54-64)86(71-46-42-62(80(7,8)9)51-66(71)57-31-21-16-22-32-57)74-52-63(81(10,11)12)40-44-69(74)84(77)68-43-35-58(55-27-17-14-18-28-55)49-73(68)85(75)70-45-41-61(79(4,5)6)50-65(70)56-29-19-15-20-30-56/h14-24,27-46,49-54H,25-26,47-48H2,1-13H3. The third kappa shape index (κ3) is 9.13. The van der Waals surface area contributed by atoms with Crippen LogP contribution in [0, 0.1) is 0 Å². The predicted octanol–water partition coefficient (Wildman–Crippen LogP) is 20.7. The van der Waals surface area contributed by atoms with Gasteiger partial charge < -0.3 is 14.7 Å². The van der Waals surface area contributed by atoms with E-state index in [1.807, 2.05) is 0 Å². The van der Waals surface area contributed by atoms with E-state index in [9.17, 15) is 0 Å². The largest absolute Gasteiger partial charge is 0.334 e. The number of benzene rings is 10. The van der Waals surface area contributed by atoms with Gasteiger partial charge in [0.05, 0.1) is 16.9 Å². The van der Waals surface area contributed by atoms with E-state index in [0.29, 0.717) is 0 Å². The SMILES string of the molecule is CC(C)(C)c1ccc(C23CCCCC2(C)N(c2cc4c5c(c2)N(c2ccc(C(C)(C)C)cc2-c2ccccc2)c2cc(C(C)(C)C)ccc2B5c2ccc(-c5ccccc5)cc2N4c2ccc(C(C)(C)C)cc2-c2ccccc2)c2ccccc23)cc1. The Balaban J connectivity index is 1.15. The molecule has 434 valence electrons. The molecule has 14 rings (SSSR count). The van der Waals surface area contributed by atoms with E-state index in [2.05, 4.69) is 329 Å². The minimum Gasteiger partial charge on any atom is -0.334 e. The molecule has 1 saturated carbocycles. The van der Waals surface area contributed by atoms with Gasteiger partial charge in [-0.15, -0.1) is 0 Å². The fraction of sp³-hybridized carbons (Fsp3) is 0.277. The zero-order valence-corrected chi connectivity index (χ0v) is 53.6. The molecule has 0 saturated heterocycles. The summed E-state index contributed by atoms with van der Waals surface area (Å²) in [6.45, 7) is 30.7. The van der Waals surface area contributed by atoms with E-state index in [1.165, 1.54) is 129 Å². The monoisotopic (exact) mass is 1130 g/mol. The van der Waals surface area contributed by atoms with Crippen molar-refractivity contribution in [2.45, 2.75) is 148 Å². The highest BCUT2D eigenvalue weighted by Gasteiger charge is 2.61. The third-order valence-electron chi connectivity index (χ3n) is 20.4. The molecule has 0 radical (unpaired) electrons. The summed E-state index contributed by atoms with van der Waals surface area (Å²) < 4.78 is 0. The Labute approximate surface area is 519 Å². The van der Waals surface area contributed by atoms with Gasteiger partial charge in [0.25, 0.3) is 6.71 Å². The zero-order valence-electron chi connectivity index (χ0n) is 53.6. The molecule has 3 nitrogen and oxygen atoms in total. The first-order valence-electron chi connectivity index (χ1n) is 32.1. The Hall–Kier alpha value is -8.34. The van der Waals surface area contributed by atoms with Crippen molar-refractivity contribution in [1.82, 2.24) is 0 Å². The summed E-state index contributed by atoms with van der Waals surface area (Å²) >= 11 is 0. The molecule has 2 atom stereocenters. The topological polar surface area (TPSA) is 9.72 Å². The second-order valence-corrected chi connectivity index (χ2v) is 29.9.